The van der Waals surface area contributed by atoms with Crippen LogP contribution in [-0.2, 0) is 11.8 Å². The van der Waals surface area contributed by atoms with Crippen LogP contribution in [0.2, 0.25) is 0 Å². The van der Waals surface area contributed by atoms with Gasteiger partial charge in [0.15, 0.2) is 0 Å². The Morgan fingerprint density at radius 3 is 2.79 bits per heavy atom. The van der Waals surface area contributed by atoms with Gasteiger partial charge in [-0.2, -0.15) is 9.97 Å². The molecule has 102 valence electrons. The number of carbonyl (C=O) groups is 1. The molecule has 0 fully saturated rings. The van der Waals surface area contributed by atoms with Crippen molar-refractivity contribution >= 4 is 17.0 Å². The summed E-state index contributed by atoms with van der Waals surface area (Å²) < 4.78 is 6.78. The molecule has 3 N–H and O–H groups in total. The van der Waals surface area contributed by atoms with Crippen LogP contribution in [0.3, 0.4) is 0 Å². The summed E-state index contributed by atoms with van der Waals surface area (Å²) in [6, 6.07) is 0.261. The van der Waals surface area contributed by atoms with Gasteiger partial charge >= 0.3 is 12.0 Å². The van der Waals surface area contributed by atoms with Gasteiger partial charge in [-0.3, -0.25) is 4.79 Å². The standard InChI is InChI=1S/C12H16N4O3/c1-6-9-8(7(4-13)11(17)18)5-16(2)10(9)15-12(14-6)19-3/h5,7H,4,13H2,1-3H3,(H,17,18). The van der Waals surface area contributed by atoms with Crippen molar-refractivity contribution in [3.05, 3.63) is 17.5 Å². The van der Waals surface area contributed by atoms with Crippen LogP contribution >= 0.6 is 0 Å². The van der Waals surface area contributed by atoms with Crippen LogP contribution in [0.4, 0.5) is 0 Å². The number of ether oxygens (including phenoxy) is 1. The summed E-state index contributed by atoms with van der Waals surface area (Å²) in [5, 5.41) is 9.96. The molecule has 0 aliphatic carbocycles. The summed E-state index contributed by atoms with van der Waals surface area (Å²) in [4.78, 5) is 19.7. The Balaban J connectivity index is 2.74. The van der Waals surface area contributed by atoms with Crippen molar-refractivity contribution in [3.63, 3.8) is 0 Å². The zero-order valence-electron chi connectivity index (χ0n) is 11.0. The molecule has 0 aliphatic heterocycles. The molecule has 0 saturated heterocycles. The topological polar surface area (TPSA) is 103 Å². The molecular weight excluding hydrogens is 248 g/mol. The van der Waals surface area contributed by atoms with Crippen molar-refractivity contribution in [2.45, 2.75) is 12.8 Å². The number of aliphatic carboxylic acids is 1. The van der Waals surface area contributed by atoms with Crippen molar-refractivity contribution in [2.24, 2.45) is 12.8 Å². The second-order valence-electron chi connectivity index (χ2n) is 4.32. The summed E-state index contributed by atoms with van der Waals surface area (Å²) in [5.74, 6) is -1.72. The minimum Gasteiger partial charge on any atom is -0.481 e. The molecule has 0 radical (unpaired) electrons. The maximum Gasteiger partial charge on any atom is 0.318 e. The molecule has 0 aliphatic rings. The van der Waals surface area contributed by atoms with E-state index in [0.29, 0.717) is 16.9 Å². The molecule has 0 bridgehead atoms. The van der Waals surface area contributed by atoms with Crippen molar-refractivity contribution in [1.82, 2.24) is 14.5 Å². The Labute approximate surface area is 110 Å². The van der Waals surface area contributed by atoms with E-state index in [1.165, 1.54) is 7.11 Å². The van der Waals surface area contributed by atoms with Crippen molar-refractivity contribution in [2.75, 3.05) is 13.7 Å². The Kier molecular flexibility index (Phi) is 3.39. The Hall–Kier alpha value is -2.15. The first kappa shape index (κ1) is 13.3. The monoisotopic (exact) mass is 264 g/mol. The van der Waals surface area contributed by atoms with Gasteiger partial charge in [0, 0.05) is 25.2 Å². The average Bonchev–Trinajstić information content (AvgIpc) is 2.68. The molecule has 1 unspecified atom stereocenters. The number of hydrogen-bond donors (Lipinski definition) is 2. The zero-order valence-corrected chi connectivity index (χ0v) is 11.0. The number of hydrogen-bond acceptors (Lipinski definition) is 5. The average molecular weight is 264 g/mol. The Morgan fingerprint density at radius 1 is 1.58 bits per heavy atom. The summed E-state index contributed by atoms with van der Waals surface area (Å²) in [6.07, 6.45) is 1.73. The lowest BCUT2D eigenvalue weighted by Gasteiger charge is -2.09. The largest absolute Gasteiger partial charge is 0.481 e. The SMILES string of the molecule is COc1nc(C)c2c(C(CN)C(=O)O)cn(C)c2n1. The highest BCUT2D eigenvalue weighted by atomic mass is 16.5. The molecule has 1 atom stereocenters. The molecule has 7 heteroatoms. The fourth-order valence-electron chi connectivity index (χ4n) is 2.18. The van der Waals surface area contributed by atoms with Gasteiger partial charge in [-0.25, -0.2) is 0 Å². The Morgan fingerprint density at radius 2 is 2.26 bits per heavy atom. The number of aromatic nitrogens is 3. The van der Waals surface area contributed by atoms with E-state index in [1.807, 2.05) is 0 Å². The molecule has 19 heavy (non-hydrogen) atoms. The predicted molar refractivity (Wildman–Crippen MR) is 69.2 cm³/mol. The molecule has 0 aromatic carbocycles. The number of rotatable bonds is 4. The third kappa shape index (κ3) is 2.12. The van der Waals surface area contributed by atoms with Gasteiger partial charge < -0.3 is 20.1 Å². The lowest BCUT2D eigenvalue weighted by Crippen LogP contribution is -2.21. The fraction of sp³-hybridized carbons (Fsp3) is 0.417. The molecule has 2 heterocycles. The highest BCUT2D eigenvalue weighted by Gasteiger charge is 2.24. The van der Waals surface area contributed by atoms with Crippen LogP contribution in [0, 0.1) is 6.92 Å². The van der Waals surface area contributed by atoms with E-state index in [9.17, 15) is 9.90 Å². The normalized spacial score (nSPS) is 12.6. The fourth-order valence-corrected chi connectivity index (χ4v) is 2.18. The summed E-state index contributed by atoms with van der Waals surface area (Å²) in [7, 11) is 3.29. The van der Waals surface area contributed by atoms with Gasteiger partial charge in [0.25, 0.3) is 0 Å². The first-order chi connectivity index (χ1) is 8.99. The third-order valence-corrected chi connectivity index (χ3v) is 3.10. The number of carboxylic acid groups (broad SMARTS) is 1. The number of fused-ring (bicyclic) bond motifs is 1. The first-order valence-electron chi connectivity index (χ1n) is 5.80. The maximum atomic E-state index is 11.3. The van der Waals surface area contributed by atoms with Crippen molar-refractivity contribution in [3.8, 4) is 6.01 Å². The van der Waals surface area contributed by atoms with Gasteiger partial charge in [-0.1, -0.05) is 0 Å². The van der Waals surface area contributed by atoms with Gasteiger partial charge in [0.1, 0.15) is 5.65 Å². The van der Waals surface area contributed by atoms with Crippen molar-refractivity contribution < 1.29 is 14.6 Å². The summed E-state index contributed by atoms with van der Waals surface area (Å²) in [6.45, 7) is 1.82. The number of carboxylic acids is 1. The predicted octanol–water partition coefficient (Wildman–Crippen LogP) is 0.412. The maximum absolute atomic E-state index is 11.3. The lowest BCUT2D eigenvalue weighted by atomic mass is 9.99. The molecule has 0 saturated carbocycles. The van der Waals surface area contributed by atoms with E-state index in [4.69, 9.17) is 10.5 Å². The van der Waals surface area contributed by atoms with Crippen molar-refractivity contribution in [1.29, 1.82) is 0 Å². The van der Waals surface area contributed by atoms with Gasteiger partial charge in [0.2, 0.25) is 0 Å². The van der Waals surface area contributed by atoms with Gasteiger partial charge in [0.05, 0.1) is 18.7 Å². The molecular formula is C12H16N4O3. The van der Waals surface area contributed by atoms with E-state index < -0.39 is 11.9 Å². The number of methoxy groups -OCH3 is 1. The molecule has 0 spiro atoms. The first-order valence-corrected chi connectivity index (χ1v) is 5.80. The minimum absolute atomic E-state index is 0.0277. The van der Waals surface area contributed by atoms with Crippen LogP contribution in [0.15, 0.2) is 6.20 Å². The summed E-state index contributed by atoms with van der Waals surface area (Å²) in [5.41, 5.74) is 7.50. The quantitative estimate of drug-likeness (QED) is 0.829. The Bertz CT molecular complexity index is 635. The lowest BCUT2D eigenvalue weighted by molar-refractivity contribution is -0.138. The minimum atomic E-state index is -0.954. The smallest absolute Gasteiger partial charge is 0.318 e. The van der Waals surface area contributed by atoms with Gasteiger partial charge in [-0.15, -0.1) is 0 Å². The molecule has 2 aromatic rings. The third-order valence-electron chi connectivity index (χ3n) is 3.10. The number of aryl methyl sites for hydroxylation is 2. The van der Waals surface area contributed by atoms with Gasteiger partial charge in [-0.05, 0) is 12.5 Å². The molecule has 0 amide bonds. The van der Waals surface area contributed by atoms with E-state index in [0.717, 1.165) is 5.39 Å². The zero-order chi connectivity index (χ0) is 14.2. The summed E-state index contributed by atoms with van der Waals surface area (Å²) >= 11 is 0. The van der Waals surface area contributed by atoms with E-state index in [2.05, 4.69) is 9.97 Å². The number of nitrogens with two attached hydrogens (primary N) is 1. The number of nitrogens with zero attached hydrogens (tertiary/aromatic N) is 3. The van der Waals surface area contributed by atoms with Crippen LogP contribution < -0.4 is 10.5 Å². The van der Waals surface area contributed by atoms with E-state index in [-0.39, 0.29) is 12.6 Å². The van der Waals surface area contributed by atoms with Crippen LogP contribution in [0.1, 0.15) is 17.2 Å². The molecule has 7 nitrogen and oxygen atoms in total. The second kappa shape index (κ2) is 4.85. The highest BCUT2D eigenvalue weighted by Crippen LogP contribution is 2.29. The van der Waals surface area contributed by atoms with E-state index in [1.54, 1.807) is 24.7 Å². The van der Waals surface area contributed by atoms with Crippen LogP contribution in [-0.4, -0.2) is 39.3 Å². The highest BCUT2D eigenvalue weighted by molar-refractivity contribution is 5.89. The van der Waals surface area contributed by atoms with Crippen LogP contribution in [0.5, 0.6) is 6.01 Å². The van der Waals surface area contributed by atoms with Crippen LogP contribution in [0.25, 0.3) is 11.0 Å². The van der Waals surface area contributed by atoms with E-state index >= 15 is 0 Å². The second-order valence-corrected chi connectivity index (χ2v) is 4.32. The molecule has 2 aromatic heterocycles. The molecule has 2 rings (SSSR count).